The van der Waals surface area contributed by atoms with Gasteiger partial charge in [0.1, 0.15) is 29.2 Å². The average Bonchev–Trinajstić information content (AvgIpc) is 3.14. The van der Waals surface area contributed by atoms with E-state index < -0.39 is 23.3 Å². The molecule has 3 aromatic rings. The quantitative estimate of drug-likeness (QED) is 0.642. The maximum Gasteiger partial charge on any atom is 0.412 e. The molecule has 1 aliphatic heterocycles. The van der Waals surface area contributed by atoms with Crippen molar-refractivity contribution in [3.63, 3.8) is 0 Å². The zero-order valence-electron chi connectivity index (χ0n) is 17.4. The minimum Gasteiger partial charge on any atom is -0.446 e. The molecule has 1 N–H and O–H groups in total. The van der Waals surface area contributed by atoms with Gasteiger partial charge in [-0.15, -0.1) is 0 Å². The summed E-state index contributed by atoms with van der Waals surface area (Å²) in [6.45, 7) is 0.699. The van der Waals surface area contributed by atoms with Gasteiger partial charge in [0, 0.05) is 18.3 Å². The summed E-state index contributed by atoms with van der Waals surface area (Å²) in [4.78, 5) is 19.1. The Morgan fingerprint density at radius 3 is 2.84 bits per heavy atom. The van der Waals surface area contributed by atoms with Gasteiger partial charge in [-0.1, -0.05) is 0 Å². The normalized spacial score (nSPS) is 24.7. The molecule has 1 aromatic carbocycles. The summed E-state index contributed by atoms with van der Waals surface area (Å²) >= 11 is 0. The fourth-order valence-corrected chi connectivity index (χ4v) is 5.49. The summed E-state index contributed by atoms with van der Waals surface area (Å²) in [5.74, 6) is 0.0672. The van der Waals surface area contributed by atoms with Crippen LogP contribution < -0.4 is 10.2 Å². The number of benzene rings is 1. The van der Waals surface area contributed by atoms with Crippen LogP contribution >= 0.6 is 0 Å². The molecule has 32 heavy (non-hydrogen) atoms. The number of halogens is 2. The van der Waals surface area contributed by atoms with E-state index in [2.05, 4.69) is 15.3 Å². The second-order valence-corrected chi connectivity index (χ2v) is 8.94. The van der Waals surface area contributed by atoms with Crippen LogP contribution in [0, 0.1) is 17.6 Å². The van der Waals surface area contributed by atoms with E-state index in [1.807, 2.05) is 6.07 Å². The first-order chi connectivity index (χ1) is 15.5. The van der Waals surface area contributed by atoms with E-state index in [1.165, 1.54) is 18.3 Å². The molecule has 7 nitrogen and oxygen atoms in total. The molecule has 9 heteroatoms. The van der Waals surface area contributed by atoms with Gasteiger partial charge in [0.05, 0.1) is 11.7 Å². The third kappa shape index (κ3) is 3.02. The molecule has 166 valence electrons. The lowest BCUT2D eigenvalue weighted by atomic mass is 10.0. The molecule has 1 amide bonds. The van der Waals surface area contributed by atoms with Crippen molar-refractivity contribution in [2.45, 2.75) is 50.2 Å². The average molecular weight is 439 g/mol. The molecule has 0 spiro atoms. The molecule has 2 aromatic heterocycles. The Morgan fingerprint density at radius 1 is 1.19 bits per heavy atom. The molecule has 3 fully saturated rings. The minimum absolute atomic E-state index is 0.0437. The molecule has 1 saturated heterocycles. The van der Waals surface area contributed by atoms with Gasteiger partial charge >= 0.3 is 6.09 Å². The first-order valence-electron chi connectivity index (χ1n) is 11.1. The summed E-state index contributed by atoms with van der Waals surface area (Å²) in [7, 11) is 0. The van der Waals surface area contributed by atoms with E-state index in [1.54, 1.807) is 10.7 Å². The Morgan fingerprint density at radius 2 is 2.03 bits per heavy atom. The first kappa shape index (κ1) is 19.5. The zero-order valence-corrected chi connectivity index (χ0v) is 17.4. The lowest BCUT2D eigenvalue weighted by Gasteiger charge is -2.30. The zero-order chi connectivity index (χ0) is 21.9. The van der Waals surface area contributed by atoms with Crippen molar-refractivity contribution in [2.24, 2.45) is 5.92 Å². The molecular weight excluding hydrogens is 416 g/mol. The number of nitrogens with one attached hydrogen (secondary N) is 1. The Kier molecular flexibility index (Phi) is 4.34. The second kappa shape index (κ2) is 7.15. The fourth-order valence-electron chi connectivity index (χ4n) is 5.49. The van der Waals surface area contributed by atoms with E-state index in [0.29, 0.717) is 29.3 Å². The molecule has 3 aliphatic rings. The Labute approximate surface area is 183 Å². The van der Waals surface area contributed by atoms with Gasteiger partial charge < -0.3 is 9.64 Å². The van der Waals surface area contributed by atoms with E-state index in [9.17, 15) is 13.6 Å². The van der Waals surface area contributed by atoms with E-state index in [0.717, 1.165) is 44.6 Å². The van der Waals surface area contributed by atoms with Crippen LogP contribution in [0.4, 0.5) is 25.1 Å². The number of hydrogen-bond acceptors (Lipinski definition) is 5. The second-order valence-electron chi connectivity index (χ2n) is 8.94. The summed E-state index contributed by atoms with van der Waals surface area (Å²) in [6, 6.07) is 5.46. The van der Waals surface area contributed by atoms with Gasteiger partial charge in [-0.25, -0.2) is 23.1 Å². The molecule has 0 radical (unpaired) electrons. The molecule has 0 bridgehead atoms. The molecule has 0 unspecified atom stereocenters. The number of carbonyl (C=O) groups is 1. The van der Waals surface area contributed by atoms with Crippen LogP contribution in [-0.2, 0) is 10.3 Å². The number of carbonyl (C=O) groups excluding carboxylic acids is 1. The van der Waals surface area contributed by atoms with Crippen molar-refractivity contribution in [3.8, 4) is 0 Å². The van der Waals surface area contributed by atoms with E-state index >= 15 is 0 Å². The van der Waals surface area contributed by atoms with Crippen LogP contribution in [0.5, 0.6) is 0 Å². The SMILES string of the molecule is O=C(Nc1cnn2ccc(N3CC[C@H]4C[C@]43c3cc(F)ccc3F)nc12)OC1CCCC1. The van der Waals surface area contributed by atoms with Crippen LogP contribution in [-0.4, -0.2) is 33.3 Å². The topological polar surface area (TPSA) is 71.8 Å². The number of rotatable bonds is 4. The van der Waals surface area contributed by atoms with Crippen LogP contribution in [0.15, 0.2) is 36.7 Å². The number of piperidine rings is 1. The number of aromatic nitrogens is 3. The highest BCUT2D eigenvalue weighted by Gasteiger charge is 2.64. The molecule has 3 heterocycles. The van der Waals surface area contributed by atoms with Crippen LogP contribution in [0.25, 0.3) is 5.65 Å². The third-order valence-electron chi connectivity index (χ3n) is 7.09. The van der Waals surface area contributed by atoms with Crippen molar-refractivity contribution >= 4 is 23.2 Å². The molecule has 6 rings (SSSR count). The minimum atomic E-state index is -0.577. The monoisotopic (exact) mass is 439 g/mol. The lowest BCUT2D eigenvalue weighted by Crippen LogP contribution is -2.34. The predicted octanol–water partition coefficient (Wildman–Crippen LogP) is 4.62. The first-order valence-corrected chi connectivity index (χ1v) is 11.1. The third-order valence-corrected chi connectivity index (χ3v) is 7.09. The number of amides is 1. The Hall–Kier alpha value is -3.23. The highest BCUT2D eigenvalue weighted by atomic mass is 19.1. The predicted molar refractivity (Wildman–Crippen MR) is 113 cm³/mol. The number of anilines is 2. The Balaban J connectivity index is 1.31. The smallest absolute Gasteiger partial charge is 0.412 e. The summed E-state index contributed by atoms with van der Waals surface area (Å²) in [5, 5.41) is 7.01. The molecule has 2 aliphatic carbocycles. The van der Waals surface area contributed by atoms with Crippen LogP contribution in [0.1, 0.15) is 44.1 Å². The van der Waals surface area contributed by atoms with Crippen molar-refractivity contribution < 1.29 is 18.3 Å². The number of fused-ring (bicyclic) bond motifs is 2. The lowest BCUT2D eigenvalue weighted by molar-refractivity contribution is 0.114. The van der Waals surface area contributed by atoms with Gasteiger partial charge in [0.15, 0.2) is 5.65 Å². The van der Waals surface area contributed by atoms with Crippen LogP contribution in [0.2, 0.25) is 0 Å². The summed E-state index contributed by atoms with van der Waals surface area (Å²) in [6.07, 6.45) is 8.31. The van der Waals surface area contributed by atoms with Gasteiger partial charge in [0.25, 0.3) is 0 Å². The number of ether oxygens (including phenoxy) is 1. The van der Waals surface area contributed by atoms with Crippen molar-refractivity contribution in [2.75, 3.05) is 16.8 Å². The summed E-state index contributed by atoms with van der Waals surface area (Å²) in [5.41, 5.74) is 0.734. The Bertz CT molecular complexity index is 1210. The van der Waals surface area contributed by atoms with Crippen molar-refractivity contribution in [1.82, 2.24) is 14.6 Å². The maximum absolute atomic E-state index is 14.7. The van der Waals surface area contributed by atoms with Crippen LogP contribution in [0.3, 0.4) is 0 Å². The van der Waals surface area contributed by atoms with E-state index in [4.69, 9.17) is 9.72 Å². The summed E-state index contributed by atoms with van der Waals surface area (Å²) < 4.78 is 35.7. The fraction of sp³-hybridized carbons (Fsp3) is 0.435. The van der Waals surface area contributed by atoms with Gasteiger partial charge in [-0.05, 0) is 68.7 Å². The maximum atomic E-state index is 14.7. The van der Waals surface area contributed by atoms with Gasteiger partial charge in [-0.2, -0.15) is 5.10 Å². The largest absolute Gasteiger partial charge is 0.446 e. The number of nitrogens with zero attached hydrogens (tertiary/aromatic N) is 4. The van der Waals surface area contributed by atoms with Gasteiger partial charge in [-0.3, -0.25) is 5.32 Å². The van der Waals surface area contributed by atoms with Crippen molar-refractivity contribution in [3.05, 3.63) is 53.9 Å². The van der Waals surface area contributed by atoms with E-state index in [-0.39, 0.29) is 12.0 Å². The molecule has 2 saturated carbocycles. The standard InChI is InChI=1S/C23H23F2N5O2/c24-15-5-6-18(25)17(11-15)23-12-14(23)7-9-29(23)20-8-10-30-21(28-20)19(13-26-30)27-22(31)32-16-3-1-2-4-16/h5-6,8,10-11,13-14,16H,1-4,7,9,12H2,(H,27,31)/t14-,23+/m0/s1. The van der Waals surface area contributed by atoms with Gasteiger partial charge in [0.2, 0.25) is 0 Å². The highest BCUT2D eigenvalue weighted by Crippen LogP contribution is 2.63. The molecular formula is C23H23F2N5O2. The number of hydrogen-bond donors (Lipinski definition) is 1. The van der Waals surface area contributed by atoms with Crippen molar-refractivity contribution in [1.29, 1.82) is 0 Å². The highest BCUT2D eigenvalue weighted by molar-refractivity contribution is 5.89. The molecule has 2 atom stereocenters.